The molecule has 3 rings (SSSR count). The van der Waals surface area contributed by atoms with Gasteiger partial charge >= 0.3 is 0 Å². The Bertz CT molecular complexity index is 516. The van der Waals surface area contributed by atoms with Gasteiger partial charge in [-0.15, -0.1) is 11.3 Å². The molecule has 5 heteroatoms. The van der Waals surface area contributed by atoms with E-state index in [2.05, 4.69) is 17.2 Å². The normalized spacial score (nSPS) is 22.9. The number of amides is 1. The van der Waals surface area contributed by atoms with E-state index in [-0.39, 0.29) is 5.91 Å². The van der Waals surface area contributed by atoms with Crippen LogP contribution in [0.1, 0.15) is 19.0 Å². The summed E-state index contributed by atoms with van der Waals surface area (Å²) in [7, 11) is 0. The number of aromatic nitrogens is 2. The SMILES string of the molecule is C[C@@H]1C[C@@H]1CNC(=O)Cc1cn2ccsc2n1. The van der Waals surface area contributed by atoms with Crippen molar-refractivity contribution in [2.24, 2.45) is 11.8 Å². The zero-order valence-corrected chi connectivity index (χ0v) is 10.5. The smallest absolute Gasteiger partial charge is 0.226 e. The second kappa shape index (κ2) is 4.14. The third-order valence-corrected chi connectivity index (χ3v) is 4.09. The zero-order valence-electron chi connectivity index (χ0n) is 9.72. The highest BCUT2D eigenvalue weighted by Crippen LogP contribution is 2.36. The molecule has 0 spiro atoms. The van der Waals surface area contributed by atoms with Gasteiger partial charge in [0.15, 0.2) is 4.96 Å². The molecule has 1 aliphatic carbocycles. The van der Waals surface area contributed by atoms with Gasteiger partial charge in [0.25, 0.3) is 0 Å². The minimum Gasteiger partial charge on any atom is -0.355 e. The summed E-state index contributed by atoms with van der Waals surface area (Å²) in [5, 5.41) is 4.96. The van der Waals surface area contributed by atoms with Gasteiger partial charge in [0.1, 0.15) is 0 Å². The first kappa shape index (κ1) is 10.8. The van der Waals surface area contributed by atoms with E-state index in [1.165, 1.54) is 6.42 Å². The maximum Gasteiger partial charge on any atom is 0.226 e. The number of hydrogen-bond acceptors (Lipinski definition) is 3. The molecule has 1 aliphatic rings. The highest BCUT2D eigenvalue weighted by molar-refractivity contribution is 7.15. The molecule has 2 heterocycles. The molecule has 0 aliphatic heterocycles. The Kier molecular flexibility index (Phi) is 2.63. The lowest BCUT2D eigenvalue weighted by molar-refractivity contribution is -0.120. The number of carbonyl (C=O) groups is 1. The highest BCUT2D eigenvalue weighted by Gasteiger charge is 2.32. The Labute approximate surface area is 104 Å². The summed E-state index contributed by atoms with van der Waals surface area (Å²) in [5.74, 6) is 1.56. The van der Waals surface area contributed by atoms with Crippen molar-refractivity contribution < 1.29 is 4.79 Å². The van der Waals surface area contributed by atoms with Crippen LogP contribution in [0.15, 0.2) is 17.8 Å². The van der Waals surface area contributed by atoms with Gasteiger partial charge in [0.2, 0.25) is 5.91 Å². The first-order chi connectivity index (χ1) is 8.22. The minimum atomic E-state index is 0.0786. The third kappa shape index (κ3) is 2.34. The van der Waals surface area contributed by atoms with Gasteiger partial charge in [0, 0.05) is 24.3 Å². The summed E-state index contributed by atoms with van der Waals surface area (Å²) in [4.78, 5) is 17.0. The molecule has 0 radical (unpaired) electrons. The molecule has 0 aromatic carbocycles. The number of thiazole rings is 1. The van der Waals surface area contributed by atoms with Crippen LogP contribution in [-0.2, 0) is 11.2 Å². The quantitative estimate of drug-likeness (QED) is 0.896. The van der Waals surface area contributed by atoms with Crippen LogP contribution in [0.5, 0.6) is 0 Å². The molecular formula is C12H15N3OS. The molecule has 0 saturated heterocycles. The van der Waals surface area contributed by atoms with Crippen LogP contribution in [-0.4, -0.2) is 21.8 Å². The van der Waals surface area contributed by atoms with Crippen LogP contribution in [0.4, 0.5) is 0 Å². The van der Waals surface area contributed by atoms with Crippen molar-refractivity contribution in [2.45, 2.75) is 19.8 Å². The van der Waals surface area contributed by atoms with E-state index in [4.69, 9.17) is 0 Å². The topological polar surface area (TPSA) is 46.4 Å². The molecule has 90 valence electrons. The highest BCUT2D eigenvalue weighted by atomic mass is 32.1. The van der Waals surface area contributed by atoms with E-state index >= 15 is 0 Å². The van der Waals surface area contributed by atoms with E-state index in [9.17, 15) is 4.79 Å². The number of imidazole rings is 1. The Balaban J connectivity index is 1.55. The summed E-state index contributed by atoms with van der Waals surface area (Å²) in [5.41, 5.74) is 0.846. The Morgan fingerprint density at radius 3 is 3.24 bits per heavy atom. The molecule has 0 bridgehead atoms. The number of carbonyl (C=O) groups excluding carboxylic acids is 1. The van der Waals surface area contributed by atoms with Crippen LogP contribution in [0.2, 0.25) is 0 Å². The third-order valence-electron chi connectivity index (χ3n) is 3.32. The average Bonchev–Trinajstić information content (AvgIpc) is 2.68. The molecule has 4 nitrogen and oxygen atoms in total. The Morgan fingerprint density at radius 2 is 2.53 bits per heavy atom. The van der Waals surface area contributed by atoms with Crippen molar-refractivity contribution in [3.8, 4) is 0 Å². The number of rotatable bonds is 4. The van der Waals surface area contributed by atoms with E-state index in [1.807, 2.05) is 22.2 Å². The Morgan fingerprint density at radius 1 is 1.71 bits per heavy atom. The average molecular weight is 249 g/mol. The second-order valence-corrected chi connectivity index (χ2v) is 5.65. The maximum atomic E-state index is 11.7. The lowest BCUT2D eigenvalue weighted by atomic mass is 10.3. The van der Waals surface area contributed by atoms with Gasteiger partial charge in [-0.05, 0) is 18.3 Å². The molecule has 2 aromatic heterocycles. The van der Waals surface area contributed by atoms with Gasteiger partial charge < -0.3 is 5.32 Å². The first-order valence-corrected chi connectivity index (χ1v) is 6.78. The molecule has 1 saturated carbocycles. The van der Waals surface area contributed by atoms with Crippen molar-refractivity contribution in [2.75, 3.05) is 6.54 Å². The summed E-state index contributed by atoms with van der Waals surface area (Å²) < 4.78 is 1.95. The van der Waals surface area contributed by atoms with Crippen LogP contribution in [0.25, 0.3) is 4.96 Å². The van der Waals surface area contributed by atoms with E-state index < -0.39 is 0 Å². The fourth-order valence-corrected chi connectivity index (χ4v) is 2.74. The number of fused-ring (bicyclic) bond motifs is 1. The molecule has 2 atom stereocenters. The van der Waals surface area contributed by atoms with Gasteiger partial charge in [-0.1, -0.05) is 6.92 Å². The van der Waals surface area contributed by atoms with E-state index in [1.54, 1.807) is 11.3 Å². The standard InChI is InChI=1S/C12H15N3OS/c1-8-4-9(8)6-13-11(16)5-10-7-15-2-3-17-12(15)14-10/h2-3,7-9H,4-6H2,1H3,(H,13,16)/t8-,9-/m1/s1. The summed E-state index contributed by atoms with van der Waals surface area (Å²) in [6, 6.07) is 0. The molecule has 1 N–H and O–H groups in total. The van der Waals surface area contributed by atoms with E-state index in [0.717, 1.165) is 23.1 Å². The van der Waals surface area contributed by atoms with Crippen molar-refractivity contribution >= 4 is 22.2 Å². The van der Waals surface area contributed by atoms with Gasteiger partial charge in [-0.2, -0.15) is 0 Å². The molecule has 17 heavy (non-hydrogen) atoms. The maximum absolute atomic E-state index is 11.7. The molecule has 1 fully saturated rings. The summed E-state index contributed by atoms with van der Waals surface area (Å²) >= 11 is 1.58. The van der Waals surface area contributed by atoms with Crippen LogP contribution >= 0.6 is 11.3 Å². The summed E-state index contributed by atoms with van der Waals surface area (Å²) in [6.45, 7) is 3.04. The zero-order chi connectivity index (χ0) is 11.8. The lowest BCUT2D eigenvalue weighted by Crippen LogP contribution is -2.27. The predicted molar refractivity (Wildman–Crippen MR) is 67.1 cm³/mol. The number of nitrogens with one attached hydrogen (secondary N) is 1. The minimum absolute atomic E-state index is 0.0786. The monoisotopic (exact) mass is 249 g/mol. The van der Waals surface area contributed by atoms with Crippen molar-refractivity contribution in [3.05, 3.63) is 23.5 Å². The molecule has 0 unspecified atom stereocenters. The first-order valence-electron chi connectivity index (χ1n) is 5.90. The molecule has 1 amide bonds. The van der Waals surface area contributed by atoms with Crippen LogP contribution < -0.4 is 5.32 Å². The summed E-state index contributed by atoms with van der Waals surface area (Å²) in [6.07, 6.45) is 5.52. The van der Waals surface area contributed by atoms with Crippen molar-refractivity contribution in [1.82, 2.24) is 14.7 Å². The van der Waals surface area contributed by atoms with Gasteiger partial charge in [-0.3, -0.25) is 9.20 Å². The fraction of sp³-hybridized carbons (Fsp3) is 0.500. The molecular weight excluding hydrogens is 234 g/mol. The predicted octanol–water partition coefficient (Wildman–Crippen LogP) is 1.71. The molecule has 2 aromatic rings. The van der Waals surface area contributed by atoms with Gasteiger partial charge in [-0.25, -0.2) is 4.98 Å². The Hall–Kier alpha value is -1.36. The second-order valence-electron chi connectivity index (χ2n) is 4.78. The van der Waals surface area contributed by atoms with Crippen LogP contribution in [0.3, 0.4) is 0 Å². The lowest BCUT2D eigenvalue weighted by Gasteiger charge is -2.02. The van der Waals surface area contributed by atoms with Crippen LogP contribution in [0, 0.1) is 11.8 Å². The number of nitrogens with zero attached hydrogens (tertiary/aromatic N) is 2. The van der Waals surface area contributed by atoms with Gasteiger partial charge in [0.05, 0.1) is 12.1 Å². The number of hydrogen-bond donors (Lipinski definition) is 1. The van der Waals surface area contributed by atoms with E-state index in [0.29, 0.717) is 12.3 Å². The largest absolute Gasteiger partial charge is 0.355 e. The fourth-order valence-electron chi connectivity index (χ4n) is 2.02. The van der Waals surface area contributed by atoms with Crippen molar-refractivity contribution in [3.63, 3.8) is 0 Å². The van der Waals surface area contributed by atoms with Crippen molar-refractivity contribution in [1.29, 1.82) is 0 Å².